The molecule has 0 radical (unpaired) electrons. The van der Waals surface area contributed by atoms with Crippen LogP contribution in [0.15, 0.2) is 55.4 Å². The maximum Gasteiger partial charge on any atom is 0.311 e. The minimum atomic E-state index is -0.427. The first-order valence-corrected chi connectivity index (χ1v) is 9.47. The van der Waals surface area contributed by atoms with Crippen LogP contribution in [-0.4, -0.2) is 38.9 Å². The van der Waals surface area contributed by atoms with Crippen LogP contribution >= 0.6 is 0 Å². The molecule has 144 valence electrons. The number of H-pyrrole nitrogens is 1. The van der Waals surface area contributed by atoms with Crippen molar-refractivity contribution in [3.63, 3.8) is 0 Å². The third-order valence-corrected chi connectivity index (χ3v) is 5.33. The highest BCUT2D eigenvalue weighted by Crippen LogP contribution is 2.30. The Labute approximate surface area is 163 Å². The minimum Gasteiger partial charge on any atom is -0.361 e. The molecule has 1 aliphatic heterocycles. The number of hydrogen-bond acceptors (Lipinski definition) is 5. The van der Waals surface area contributed by atoms with E-state index in [1.54, 1.807) is 12.3 Å². The average molecular weight is 377 g/mol. The fourth-order valence-corrected chi connectivity index (χ4v) is 3.99. The number of nitrogens with zero attached hydrogens (tertiary/aromatic N) is 3. The molecule has 0 bridgehead atoms. The smallest absolute Gasteiger partial charge is 0.311 e. The second-order valence-electron chi connectivity index (χ2n) is 7.11. The van der Waals surface area contributed by atoms with Crippen LogP contribution in [0.2, 0.25) is 0 Å². The van der Waals surface area contributed by atoms with Crippen molar-refractivity contribution in [3.05, 3.63) is 71.1 Å². The number of nitro groups is 1. The van der Waals surface area contributed by atoms with Gasteiger partial charge in [0.1, 0.15) is 0 Å². The van der Waals surface area contributed by atoms with Crippen molar-refractivity contribution in [1.82, 2.24) is 14.9 Å². The second kappa shape index (κ2) is 7.82. The lowest BCUT2D eigenvalue weighted by Crippen LogP contribution is -2.31. The molecule has 3 heterocycles. The number of aromatic amines is 1. The molecule has 7 heteroatoms. The van der Waals surface area contributed by atoms with Gasteiger partial charge >= 0.3 is 5.69 Å². The molecular formula is C21H23N5O2. The number of benzene rings is 1. The van der Waals surface area contributed by atoms with E-state index in [1.807, 2.05) is 24.3 Å². The van der Waals surface area contributed by atoms with Crippen LogP contribution in [0.4, 0.5) is 17.2 Å². The van der Waals surface area contributed by atoms with Crippen LogP contribution in [0.1, 0.15) is 18.4 Å². The van der Waals surface area contributed by atoms with Crippen molar-refractivity contribution >= 4 is 28.1 Å². The third kappa shape index (κ3) is 3.61. The summed E-state index contributed by atoms with van der Waals surface area (Å²) in [6.07, 6.45) is 8.97. The lowest BCUT2D eigenvalue weighted by Gasteiger charge is -2.22. The van der Waals surface area contributed by atoms with Gasteiger partial charge in [0, 0.05) is 47.6 Å². The zero-order chi connectivity index (χ0) is 19.5. The van der Waals surface area contributed by atoms with Crippen molar-refractivity contribution in [1.29, 1.82) is 0 Å². The van der Waals surface area contributed by atoms with Gasteiger partial charge in [-0.3, -0.25) is 15.0 Å². The number of anilines is 2. The van der Waals surface area contributed by atoms with Crippen molar-refractivity contribution < 1.29 is 4.92 Å². The molecule has 2 N–H and O–H groups in total. The molecule has 7 nitrogen and oxygen atoms in total. The van der Waals surface area contributed by atoms with Gasteiger partial charge in [0.25, 0.3) is 0 Å². The SMILES string of the molecule is C=CCN1CCC[C@@H]1Cc1c[nH]c2ccc(Nc3ncccc3[N+](=O)[O-])cc12. The maximum absolute atomic E-state index is 11.2. The lowest BCUT2D eigenvalue weighted by atomic mass is 10.0. The van der Waals surface area contributed by atoms with Crippen molar-refractivity contribution in [3.8, 4) is 0 Å². The molecule has 0 spiro atoms. The molecule has 0 aliphatic carbocycles. The Hall–Kier alpha value is -3.19. The summed E-state index contributed by atoms with van der Waals surface area (Å²) >= 11 is 0. The first-order valence-electron chi connectivity index (χ1n) is 9.47. The van der Waals surface area contributed by atoms with Gasteiger partial charge in [-0.1, -0.05) is 6.08 Å². The number of likely N-dealkylation sites (tertiary alicyclic amines) is 1. The summed E-state index contributed by atoms with van der Waals surface area (Å²) in [6.45, 7) is 5.91. The summed E-state index contributed by atoms with van der Waals surface area (Å²) in [6, 6.07) is 9.46. The van der Waals surface area contributed by atoms with E-state index in [2.05, 4.69) is 33.0 Å². The van der Waals surface area contributed by atoms with Crippen molar-refractivity contribution in [2.45, 2.75) is 25.3 Å². The first-order chi connectivity index (χ1) is 13.7. The van der Waals surface area contributed by atoms with E-state index in [4.69, 9.17) is 0 Å². The highest BCUT2D eigenvalue weighted by atomic mass is 16.6. The topological polar surface area (TPSA) is 87.1 Å². The quantitative estimate of drug-likeness (QED) is 0.362. The van der Waals surface area contributed by atoms with Gasteiger partial charge in [0.05, 0.1) is 4.92 Å². The number of hydrogen-bond donors (Lipinski definition) is 2. The van der Waals surface area contributed by atoms with E-state index in [0.717, 1.165) is 36.1 Å². The van der Waals surface area contributed by atoms with Gasteiger partial charge in [0.2, 0.25) is 5.82 Å². The number of rotatable bonds is 7. The molecule has 4 rings (SSSR count). The summed E-state index contributed by atoms with van der Waals surface area (Å²) in [5, 5.41) is 15.5. The Morgan fingerprint density at radius 3 is 3.14 bits per heavy atom. The first kappa shape index (κ1) is 18.2. The Morgan fingerprint density at radius 2 is 2.32 bits per heavy atom. The number of aromatic nitrogens is 2. The van der Waals surface area contributed by atoms with Crippen molar-refractivity contribution in [2.75, 3.05) is 18.4 Å². The molecule has 1 atom stereocenters. The van der Waals surface area contributed by atoms with E-state index in [0.29, 0.717) is 6.04 Å². The van der Waals surface area contributed by atoms with Gasteiger partial charge in [-0.15, -0.1) is 6.58 Å². The second-order valence-corrected chi connectivity index (χ2v) is 7.11. The average Bonchev–Trinajstić information content (AvgIpc) is 3.30. The van der Waals surface area contributed by atoms with Crippen LogP contribution < -0.4 is 5.32 Å². The number of nitrogens with one attached hydrogen (secondary N) is 2. The summed E-state index contributed by atoms with van der Waals surface area (Å²) in [4.78, 5) is 20.7. The molecular weight excluding hydrogens is 354 g/mol. The molecule has 1 saturated heterocycles. The van der Waals surface area contributed by atoms with Crippen LogP contribution in [0.25, 0.3) is 10.9 Å². The Morgan fingerprint density at radius 1 is 1.43 bits per heavy atom. The summed E-state index contributed by atoms with van der Waals surface area (Å²) in [7, 11) is 0. The largest absolute Gasteiger partial charge is 0.361 e. The molecule has 2 aromatic heterocycles. The number of pyridine rings is 1. The summed E-state index contributed by atoms with van der Waals surface area (Å²) in [5.74, 6) is 0.247. The van der Waals surface area contributed by atoms with Gasteiger partial charge in [0.15, 0.2) is 0 Å². The fourth-order valence-electron chi connectivity index (χ4n) is 3.99. The van der Waals surface area contributed by atoms with E-state index in [-0.39, 0.29) is 11.5 Å². The molecule has 1 fully saturated rings. The van der Waals surface area contributed by atoms with Gasteiger partial charge in [-0.2, -0.15) is 0 Å². The van der Waals surface area contributed by atoms with Gasteiger partial charge in [-0.25, -0.2) is 4.98 Å². The third-order valence-electron chi connectivity index (χ3n) is 5.33. The maximum atomic E-state index is 11.2. The fraction of sp³-hybridized carbons (Fsp3) is 0.286. The van der Waals surface area contributed by atoms with Crippen LogP contribution in [-0.2, 0) is 6.42 Å². The standard InChI is InChI=1S/C21H23N5O2/c1-2-10-25-11-4-5-17(25)12-15-14-23-19-8-7-16(13-18(15)19)24-21-20(26(27)28)6-3-9-22-21/h2-3,6-9,13-14,17,23H,1,4-5,10-12H2,(H,22,24)/t17-/m1/s1. The van der Waals surface area contributed by atoms with E-state index < -0.39 is 4.92 Å². The molecule has 0 amide bonds. The Kier molecular flexibility index (Phi) is 5.08. The van der Waals surface area contributed by atoms with E-state index >= 15 is 0 Å². The zero-order valence-corrected chi connectivity index (χ0v) is 15.6. The van der Waals surface area contributed by atoms with Crippen LogP contribution in [0, 0.1) is 10.1 Å². The highest BCUT2D eigenvalue weighted by Gasteiger charge is 2.24. The van der Waals surface area contributed by atoms with E-state index in [1.165, 1.54) is 24.5 Å². The van der Waals surface area contributed by atoms with Crippen LogP contribution in [0.5, 0.6) is 0 Å². The normalized spacial score (nSPS) is 17.1. The monoisotopic (exact) mass is 377 g/mol. The van der Waals surface area contributed by atoms with Gasteiger partial charge < -0.3 is 10.3 Å². The minimum absolute atomic E-state index is 0.0390. The predicted octanol–water partition coefficient (Wildman–Crippen LogP) is 4.41. The molecule has 0 saturated carbocycles. The molecule has 0 unspecified atom stereocenters. The van der Waals surface area contributed by atoms with Crippen molar-refractivity contribution in [2.24, 2.45) is 0 Å². The lowest BCUT2D eigenvalue weighted by molar-refractivity contribution is -0.384. The summed E-state index contributed by atoms with van der Waals surface area (Å²) in [5.41, 5.74) is 3.06. The summed E-state index contributed by atoms with van der Waals surface area (Å²) < 4.78 is 0. The zero-order valence-electron chi connectivity index (χ0n) is 15.6. The van der Waals surface area contributed by atoms with Gasteiger partial charge in [-0.05, 0) is 55.6 Å². The Bertz CT molecular complexity index is 1010. The molecule has 1 aromatic carbocycles. The van der Waals surface area contributed by atoms with Crippen LogP contribution in [0.3, 0.4) is 0 Å². The Balaban J connectivity index is 1.60. The predicted molar refractivity (Wildman–Crippen MR) is 111 cm³/mol. The number of fused-ring (bicyclic) bond motifs is 1. The van der Waals surface area contributed by atoms with E-state index in [9.17, 15) is 10.1 Å². The molecule has 1 aliphatic rings. The molecule has 28 heavy (non-hydrogen) atoms. The highest BCUT2D eigenvalue weighted by molar-refractivity contribution is 5.87. The molecule has 3 aromatic rings.